The van der Waals surface area contributed by atoms with Crippen molar-refractivity contribution in [3.8, 4) is 0 Å². The van der Waals surface area contributed by atoms with E-state index >= 15 is 0 Å². The summed E-state index contributed by atoms with van der Waals surface area (Å²) in [6, 6.07) is 0. The molecule has 1 heterocycles. The van der Waals surface area contributed by atoms with Crippen molar-refractivity contribution >= 4 is 0 Å². The third-order valence-corrected chi connectivity index (χ3v) is 3.37. The molecule has 0 fully saturated rings. The highest BCUT2D eigenvalue weighted by Gasteiger charge is 2.11. The molecule has 0 aromatic carbocycles. The van der Waals surface area contributed by atoms with Crippen LogP contribution in [-0.2, 0) is 12.8 Å². The SMILES string of the molecule is Cc1nc(CCC(C)C)nc(C)c1CC(C)CN. The lowest BCUT2D eigenvalue weighted by atomic mass is 9.98. The van der Waals surface area contributed by atoms with Gasteiger partial charge >= 0.3 is 0 Å². The molecule has 2 N–H and O–H groups in total. The quantitative estimate of drug-likeness (QED) is 0.843. The molecule has 0 amide bonds. The molecule has 3 nitrogen and oxygen atoms in total. The Balaban J connectivity index is 2.83. The van der Waals surface area contributed by atoms with E-state index in [9.17, 15) is 0 Å². The summed E-state index contributed by atoms with van der Waals surface area (Å²) in [6.45, 7) is 11.5. The van der Waals surface area contributed by atoms with Crippen LogP contribution in [0.15, 0.2) is 0 Å². The molecule has 0 saturated heterocycles. The molecule has 0 bridgehead atoms. The van der Waals surface area contributed by atoms with Crippen molar-refractivity contribution in [3.05, 3.63) is 22.8 Å². The zero-order valence-electron chi connectivity index (χ0n) is 12.5. The lowest BCUT2D eigenvalue weighted by Crippen LogP contribution is -2.16. The molecule has 1 atom stereocenters. The van der Waals surface area contributed by atoms with Crippen molar-refractivity contribution in [2.45, 2.75) is 53.9 Å². The van der Waals surface area contributed by atoms with Crippen molar-refractivity contribution in [1.82, 2.24) is 9.97 Å². The summed E-state index contributed by atoms with van der Waals surface area (Å²) in [5.74, 6) is 2.18. The zero-order chi connectivity index (χ0) is 13.7. The van der Waals surface area contributed by atoms with Crippen molar-refractivity contribution in [2.75, 3.05) is 6.54 Å². The first-order valence-corrected chi connectivity index (χ1v) is 6.97. The average molecular weight is 249 g/mol. The normalized spacial score (nSPS) is 13.1. The molecule has 0 saturated carbocycles. The highest BCUT2D eigenvalue weighted by atomic mass is 14.9. The number of nitrogens with two attached hydrogens (primary N) is 1. The van der Waals surface area contributed by atoms with E-state index in [1.807, 2.05) is 0 Å². The molecule has 0 aliphatic heterocycles. The largest absolute Gasteiger partial charge is 0.330 e. The molecule has 0 aliphatic carbocycles. The first-order chi connectivity index (χ1) is 8.43. The van der Waals surface area contributed by atoms with Crippen LogP contribution in [0.25, 0.3) is 0 Å². The molecule has 1 unspecified atom stereocenters. The maximum atomic E-state index is 5.69. The fourth-order valence-electron chi connectivity index (χ4n) is 2.07. The van der Waals surface area contributed by atoms with Gasteiger partial charge in [0.15, 0.2) is 0 Å². The van der Waals surface area contributed by atoms with E-state index < -0.39 is 0 Å². The molecule has 1 aromatic heterocycles. The lowest BCUT2D eigenvalue weighted by molar-refractivity contribution is 0.565. The second-order valence-electron chi connectivity index (χ2n) is 5.77. The van der Waals surface area contributed by atoms with Crippen molar-refractivity contribution in [1.29, 1.82) is 0 Å². The number of aryl methyl sites for hydroxylation is 3. The number of rotatable bonds is 6. The van der Waals surface area contributed by atoms with E-state index in [1.165, 1.54) is 5.56 Å². The second kappa shape index (κ2) is 6.83. The molecule has 1 rings (SSSR count). The van der Waals surface area contributed by atoms with Crippen LogP contribution in [0.3, 0.4) is 0 Å². The van der Waals surface area contributed by atoms with Crippen LogP contribution in [-0.4, -0.2) is 16.5 Å². The van der Waals surface area contributed by atoms with Gasteiger partial charge < -0.3 is 5.73 Å². The molecule has 0 aliphatic rings. The van der Waals surface area contributed by atoms with Crippen molar-refractivity contribution in [2.24, 2.45) is 17.6 Å². The highest BCUT2D eigenvalue weighted by molar-refractivity contribution is 5.25. The van der Waals surface area contributed by atoms with Gasteiger partial charge in [0.2, 0.25) is 0 Å². The zero-order valence-corrected chi connectivity index (χ0v) is 12.5. The summed E-state index contributed by atoms with van der Waals surface area (Å²) in [4.78, 5) is 9.28. The second-order valence-corrected chi connectivity index (χ2v) is 5.77. The fraction of sp³-hybridized carbons (Fsp3) is 0.733. The van der Waals surface area contributed by atoms with Crippen molar-refractivity contribution < 1.29 is 0 Å². The van der Waals surface area contributed by atoms with Crippen LogP contribution in [0.5, 0.6) is 0 Å². The van der Waals surface area contributed by atoms with E-state index in [1.54, 1.807) is 0 Å². The molecular weight excluding hydrogens is 222 g/mol. The molecular formula is C15H27N3. The van der Waals surface area contributed by atoms with Gasteiger partial charge in [-0.3, -0.25) is 0 Å². The van der Waals surface area contributed by atoms with E-state index in [0.717, 1.165) is 36.5 Å². The Hall–Kier alpha value is -0.960. The Morgan fingerprint density at radius 1 is 1.06 bits per heavy atom. The topological polar surface area (TPSA) is 51.8 Å². The van der Waals surface area contributed by atoms with Crippen LogP contribution in [0.4, 0.5) is 0 Å². The predicted octanol–water partition coefficient (Wildman–Crippen LogP) is 2.82. The first-order valence-electron chi connectivity index (χ1n) is 6.97. The van der Waals surface area contributed by atoms with Crippen molar-refractivity contribution in [3.63, 3.8) is 0 Å². The molecule has 18 heavy (non-hydrogen) atoms. The van der Waals surface area contributed by atoms with Gasteiger partial charge in [-0.15, -0.1) is 0 Å². The molecule has 0 spiro atoms. The summed E-state index contributed by atoms with van der Waals surface area (Å²) >= 11 is 0. The Morgan fingerprint density at radius 3 is 2.06 bits per heavy atom. The van der Waals surface area contributed by atoms with Crippen LogP contribution in [0.2, 0.25) is 0 Å². The van der Waals surface area contributed by atoms with E-state index in [0.29, 0.717) is 18.4 Å². The maximum Gasteiger partial charge on any atom is 0.128 e. The number of nitrogens with zero attached hydrogens (tertiary/aromatic N) is 2. The highest BCUT2D eigenvalue weighted by Crippen LogP contribution is 2.16. The minimum absolute atomic E-state index is 0.493. The molecule has 0 radical (unpaired) electrons. The summed E-state index contributed by atoms with van der Waals surface area (Å²) in [6.07, 6.45) is 3.11. The van der Waals surface area contributed by atoms with E-state index in [2.05, 4.69) is 44.6 Å². The summed E-state index contributed by atoms with van der Waals surface area (Å²) in [5.41, 5.74) is 9.22. The minimum atomic E-state index is 0.493. The summed E-state index contributed by atoms with van der Waals surface area (Å²) < 4.78 is 0. The lowest BCUT2D eigenvalue weighted by Gasteiger charge is -2.14. The Bertz CT molecular complexity index is 362. The fourth-order valence-corrected chi connectivity index (χ4v) is 2.07. The number of aromatic nitrogens is 2. The number of hydrogen-bond donors (Lipinski definition) is 1. The monoisotopic (exact) mass is 249 g/mol. The third kappa shape index (κ3) is 4.37. The minimum Gasteiger partial charge on any atom is -0.330 e. The van der Waals surface area contributed by atoms with Gasteiger partial charge in [-0.25, -0.2) is 9.97 Å². The first kappa shape index (κ1) is 15.1. The van der Waals surface area contributed by atoms with Gasteiger partial charge in [0.05, 0.1) is 0 Å². The predicted molar refractivity (Wildman–Crippen MR) is 76.6 cm³/mol. The smallest absolute Gasteiger partial charge is 0.128 e. The van der Waals surface area contributed by atoms with Gasteiger partial charge in [-0.05, 0) is 50.6 Å². The van der Waals surface area contributed by atoms with E-state index in [4.69, 9.17) is 5.73 Å². The van der Waals surface area contributed by atoms with Crippen LogP contribution < -0.4 is 5.73 Å². The van der Waals surface area contributed by atoms with E-state index in [-0.39, 0.29) is 0 Å². The van der Waals surface area contributed by atoms with Crippen LogP contribution >= 0.6 is 0 Å². The van der Waals surface area contributed by atoms with Gasteiger partial charge in [-0.2, -0.15) is 0 Å². The third-order valence-electron chi connectivity index (χ3n) is 3.37. The summed E-state index contributed by atoms with van der Waals surface area (Å²) in [7, 11) is 0. The molecule has 3 heteroatoms. The van der Waals surface area contributed by atoms with Gasteiger partial charge in [-0.1, -0.05) is 20.8 Å². The Morgan fingerprint density at radius 2 is 1.61 bits per heavy atom. The van der Waals surface area contributed by atoms with Gasteiger partial charge in [0, 0.05) is 17.8 Å². The Kier molecular flexibility index (Phi) is 5.73. The van der Waals surface area contributed by atoms with Gasteiger partial charge in [0.25, 0.3) is 0 Å². The number of hydrogen-bond acceptors (Lipinski definition) is 3. The summed E-state index contributed by atoms with van der Waals surface area (Å²) in [5, 5.41) is 0. The van der Waals surface area contributed by atoms with Crippen LogP contribution in [0.1, 0.15) is 50.0 Å². The Labute approximate surface area is 111 Å². The van der Waals surface area contributed by atoms with Crippen LogP contribution in [0, 0.1) is 25.7 Å². The average Bonchev–Trinajstić information content (AvgIpc) is 2.30. The molecule has 102 valence electrons. The van der Waals surface area contributed by atoms with Gasteiger partial charge in [0.1, 0.15) is 5.82 Å². The standard InChI is InChI=1S/C15H27N3/c1-10(2)6-7-15-17-12(4)14(13(5)18-15)8-11(3)9-16/h10-11H,6-9,16H2,1-5H3. The molecule has 1 aromatic rings. The maximum absolute atomic E-state index is 5.69.